The molecule has 0 aliphatic carbocycles. The fourth-order valence-corrected chi connectivity index (χ4v) is 0.680. The van der Waals surface area contributed by atoms with E-state index in [0.717, 1.165) is 0 Å². The Hall–Kier alpha value is 0.310. The molecule has 0 aromatic carbocycles. The van der Waals surface area contributed by atoms with Gasteiger partial charge in [-0.1, -0.05) is 12.1 Å². The summed E-state index contributed by atoms with van der Waals surface area (Å²) in [7, 11) is 0. The lowest BCUT2D eigenvalue weighted by atomic mass is 10.7. The van der Waals surface area contributed by atoms with Crippen LogP contribution < -0.4 is 0 Å². The maximum absolute atomic E-state index is 3.00. The molecule has 1 heterocycles. The zero-order valence-corrected chi connectivity index (χ0v) is 8.62. The van der Waals surface area contributed by atoms with E-state index in [1.807, 2.05) is 22.9 Å². The van der Waals surface area contributed by atoms with Crippen LogP contribution in [0.2, 0.25) is 0 Å². The van der Waals surface area contributed by atoms with Crippen LogP contribution in [0.1, 0.15) is 0 Å². The normalized spacial score (nSPS) is 4.40. The molecule has 4 heteroatoms. The second kappa shape index (κ2) is 22.8. The van der Waals surface area contributed by atoms with Gasteiger partial charge in [0.2, 0.25) is 0 Å². The molecule has 0 nitrogen and oxygen atoms in total. The molecule has 0 fully saturated rings. The first kappa shape index (κ1) is 22.4. The highest BCUT2D eigenvalue weighted by Crippen LogP contribution is 1.91. The highest BCUT2D eigenvalue weighted by Gasteiger charge is 1.58. The van der Waals surface area contributed by atoms with Crippen molar-refractivity contribution in [3.63, 3.8) is 0 Å². The lowest BCUT2D eigenvalue weighted by molar-refractivity contribution is 2.03. The fourth-order valence-electron chi connectivity index (χ4n) is 0.227. The van der Waals surface area contributed by atoms with Gasteiger partial charge in [-0.2, -0.15) is 11.3 Å². The summed E-state index contributed by atoms with van der Waals surface area (Å²) in [6.45, 7) is 6.00. The third kappa shape index (κ3) is 15.7. The quantitative estimate of drug-likeness (QED) is 0.585. The number of halogens is 3. The van der Waals surface area contributed by atoms with Crippen LogP contribution in [-0.2, 0) is 0 Å². The van der Waals surface area contributed by atoms with E-state index >= 15 is 0 Å². The van der Waals surface area contributed by atoms with E-state index in [1.165, 1.54) is 0 Å². The van der Waals surface area contributed by atoms with E-state index in [1.54, 1.807) is 11.3 Å². The summed E-state index contributed by atoms with van der Waals surface area (Å²) in [6, 6.07) is 4.04. The maximum Gasteiger partial charge on any atom is -0.00934 e. The van der Waals surface area contributed by atoms with E-state index < -0.39 is 0 Å². The summed E-state index contributed by atoms with van der Waals surface area (Å²) in [6.07, 6.45) is 0. The van der Waals surface area contributed by atoms with Crippen molar-refractivity contribution in [3.8, 4) is 0 Å². The molecule has 1 rings (SSSR count). The molecule has 0 N–H and O–H groups in total. The molecule has 0 radical (unpaired) electrons. The summed E-state index contributed by atoms with van der Waals surface area (Å²) >= 11 is 1.71. The van der Waals surface area contributed by atoms with Crippen LogP contribution in [0.25, 0.3) is 0 Å². The highest BCUT2D eigenvalue weighted by molar-refractivity contribution is 7.07. The second-order valence-corrected chi connectivity index (χ2v) is 1.61. The number of hydrogen-bond donors (Lipinski definition) is 0. The molecule has 0 amide bonds. The van der Waals surface area contributed by atoms with Crippen molar-refractivity contribution in [3.05, 3.63) is 36.1 Å². The Morgan fingerprint density at radius 2 is 1.10 bits per heavy atom. The third-order valence-corrected chi connectivity index (χ3v) is 1.05. The Morgan fingerprint density at radius 1 is 0.800 bits per heavy atom. The Bertz CT molecular complexity index is 79.9. The molecule has 0 unspecified atom stereocenters. The van der Waals surface area contributed by atoms with E-state index in [2.05, 4.69) is 13.2 Å². The SMILES string of the molecule is C=C.Cl.Cl.Cl.c1ccsc1. The van der Waals surface area contributed by atoms with E-state index in [0.29, 0.717) is 0 Å². The van der Waals surface area contributed by atoms with Crippen LogP contribution in [0.3, 0.4) is 0 Å². The Balaban J connectivity index is -0.0000000337. The van der Waals surface area contributed by atoms with Gasteiger partial charge in [0.25, 0.3) is 0 Å². The smallest absolute Gasteiger partial charge is 0.00934 e. The number of thiophene rings is 1. The van der Waals surface area contributed by atoms with Crippen molar-refractivity contribution in [1.82, 2.24) is 0 Å². The molecule has 0 bridgehead atoms. The molecule has 1 aromatic heterocycles. The Labute approximate surface area is 84.6 Å². The van der Waals surface area contributed by atoms with Gasteiger partial charge in [-0.3, -0.25) is 0 Å². The van der Waals surface area contributed by atoms with Crippen molar-refractivity contribution in [2.24, 2.45) is 0 Å². The first-order valence-corrected chi connectivity index (χ1v) is 2.91. The summed E-state index contributed by atoms with van der Waals surface area (Å²) in [5.41, 5.74) is 0. The molecule has 10 heavy (non-hydrogen) atoms. The summed E-state index contributed by atoms with van der Waals surface area (Å²) in [5, 5.41) is 4.08. The Kier molecular flexibility index (Phi) is 51.2. The second-order valence-electron chi connectivity index (χ2n) is 0.793. The average Bonchev–Trinajstić information content (AvgIpc) is 2.23. The molecule has 1 aromatic rings. The molecule has 0 aliphatic heterocycles. The minimum absolute atomic E-state index is 0. The molecular formula is C6H11Cl3S. The van der Waals surface area contributed by atoms with Crippen LogP contribution in [0.5, 0.6) is 0 Å². The number of hydrogen-bond acceptors (Lipinski definition) is 1. The lowest BCUT2D eigenvalue weighted by Crippen LogP contribution is -1.16. The lowest BCUT2D eigenvalue weighted by Gasteiger charge is -1.39. The summed E-state index contributed by atoms with van der Waals surface area (Å²) in [5.74, 6) is 0. The molecular weight excluding hydrogens is 210 g/mol. The van der Waals surface area contributed by atoms with Crippen LogP contribution in [0, 0.1) is 0 Å². The van der Waals surface area contributed by atoms with E-state index in [9.17, 15) is 0 Å². The molecule has 0 atom stereocenters. The van der Waals surface area contributed by atoms with Crippen LogP contribution in [-0.4, -0.2) is 0 Å². The maximum atomic E-state index is 3.00. The monoisotopic (exact) mass is 220 g/mol. The largest absolute Gasteiger partial charge is 0.152 e. The predicted octanol–water partition coefficient (Wildman–Crippen LogP) is 3.82. The molecule has 0 saturated carbocycles. The van der Waals surface area contributed by atoms with E-state index in [-0.39, 0.29) is 37.2 Å². The molecule has 0 aliphatic rings. The first-order valence-electron chi connectivity index (χ1n) is 1.97. The van der Waals surface area contributed by atoms with Crippen LogP contribution in [0.4, 0.5) is 0 Å². The van der Waals surface area contributed by atoms with Crippen LogP contribution in [0.15, 0.2) is 36.1 Å². The van der Waals surface area contributed by atoms with Gasteiger partial charge in [0, 0.05) is 0 Å². The Morgan fingerprint density at radius 3 is 1.20 bits per heavy atom. The van der Waals surface area contributed by atoms with E-state index in [4.69, 9.17) is 0 Å². The average molecular weight is 222 g/mol. The molecule has 0 spiro atoms. The molecule has 62 valence electrons. The van der Waals surface area contributed by atoms with Gasteiger partial charge >= 0.3 is 0 Å². The minimum Gasteiger partial charge on any atom is -0.152 e. The zero-order valence-electron chi connectivity index (χ0n) is 5.36. The van der Waals surface area contributed by atoms with Crippen LogP contribution >= 0.6 is 48.6 Å². The first-order chi connectivity index (χ1) is 3.50. The van der Waals surface area contributed by atoms with Crippen molar-refractivity contribution in [2.75, 3.05) is 0 Å². The fraction of sp³-hybridized carbons (Fsp3) is 0. The molecule has 0 saturated heterocycles. The van der Waals surface area contributed by atoms with Gasteiger partial charge in [0.1, 0.15) is 0 Å². The zero-order chi connectivity index (χ0) is 5.54. The predicted molar refractivity (Wildman–Crippen MR) is 57.3 cm³/mol. The van der Waals surface area contributed by atoms with Gasteiger partial charge in [0.05, 0.1) is 0 Å². The summed E-state index contributed by atoms with van der Waals surface area (Å²) in [4.78, 5) is 0. The van der Waals surface area contributed by atoms with Crippen molar-refractivity contribution < 1.29 is 0 Å². The van der Waals surface area contributed by atoms with Gasteiger partial charge < -0.3 is 0 Å². The topological polar surface area (TPSA) is 0 Å². The summed E-state index contributed by atoms with van der Waals surface area (Å²) < 4.78 is 0. The number of rotatable bonds is 0. The van der Waals surface area contributed by atoms with Gasteiger partial charge in [-0.05, 0) is 10.8 Å². The van der Waals surface area contributed by atoms with Crippen molar-refractivity contribution in [1.29, 1.82) is 0 Å². The van der Waals surface area contributed by atoms with Gasteiger partial charge in [-0.15, -0.1) is 50.4 Å². The standard InChI is InChI=1S/C4H4S.C2H4.3ClH/c1-2-4-5-3-1;1-2;;;/h1-4H;1-2H2;3*1H. The third-order valence-electron chi connectivity index (χ3n) is 0.425. The minimum atomic E-state index is 0. The van der Waals surface area contributed by atoms with Crippen molar-refractivity contribution in [2.45, 2.75) is 0 Å². The highest BCUT2D eigenvalue weighted by atomic mass is 35.5. The van der Waals surface area contributed by atoms with Crippen molar-refractivity contribution >= 4 is 48.6 Å². The van der Waals surface area contributed by atoms with Gasteiger partial charge in [-0.25, -0.2) is 0 Å². The van der Waals surface area contributed by atoms with Gasteiger partial charge in [0.15, 0.2) is 0 Å².